The highest BCUT2D eigenvalue weighted by molar-refractivity contribution is 5.78. The molecule has 25 heavy (non-hydrogen) atoms. The number of methoxy groups -OCH3 is 2. The maximum atomic E-state index is 12.4. The predicted octanol–water partition coefficient (Wildman–Crippen LogP) is 2.88. The lowest BCUT2D eigenvalue weighted by atomic mass is 9.69. The number of benzene rings is 1. The molecule has 0 saturated heterocycles. The molecule has 2 N–H and O–H groups in total. The molecule has 1 aromatic rings. The molecule has 0 heterocycles. The zero-order valence-electron chi connectivity index (χ0n) is 16.0. The van der Waals surface area contributed by atoms with Crippen molar-refractivity contribution in [1.29, 1.82) is 0 Å². The van der Waals surface area contributed by atoms with Crippen LogP contribution in [0.15, 0.2) is 18.2 Å². The minimum absolute atomic E-state index is 0.0210. The van der Waals surface area contributed by atoms with Crippen molar-refractivity contribution in [3.8, 4) is 11.5 Å². The molecular formula is C20H32N2O3. The van der Waals surface area contributed by atoms with E-state index in [9.17, 15) is 4.79 Å². The first-order chi connectivity index (χ1) is 12.1. The summed E-state index contributed by atoms with van der Waals surface area (Å²) < 4.78 is 10.9. The Hall–Kier alpha value is -1.75. The van der Waals surface area contributed by atoms with Crippen LogP contribution in [0.1, 0.15) is 44.6 Å². The number of carbonyl (C=O) groups excluding carboxylic acids is 1. The quantitative estimate of drug-likeness (QED) is 0.758. The van der Waals surface area contributed by atoms with Crippen LogP contribution in [-0.4, -0.2) is 40.3 Å². The minimum Gasteiger partial charge on any atom is -0.493 e. The Morgan fingerprint density at radius 3 is 2.44 bits per heavy atom. The van der Waals surface area contributed by atoms with Crippen LogP contribution in [0.2, 0.25) is 0 Å². The number of ether oxygens (including phenoxy) is 2. The molecule has 1 aliphatic carbocycles. The lowest BCUT2D eigenvalue weighted by Gasteiger charge is -2.38. The van der Waals surface area contributed by atoms with Gasteiger partial charge in [-0.3, -0.25) is 4.79 Å². The van der Waals surface area contributed by atoms with Gasteiger partial charge >= 0.3 is 0 Å². The summed E-state index contributed by atoms with van der Waals surface area (Å²) in [6.07, 6.45) is 5.82. The zero-order valence-corrected chi connectivity index (χ0v) is 16.0. The van der Waals surface area contributed by atoms with Gasteiger partial charge in [-0.25, -0.2) is 0 Å². The number of amides is 1. The van der Waals surface area contributed by atoms with Gasteiger partial charge in [-0.1, -0.05) is 32.3 Å². The van der Waals surface area contributed by atoms with Crippen LogP contribution in [-0.2, 0) is 10.2 Å². The molecule has 1 fully saturated rings. The third-order valence-corrected chi connectivity index (χ3v) is 5.37. The van der Waals surface area contributed by atoms with E-state index in [1.165, 1.54) is 24.8 Å². The second kappa shape index (κ2) is 9.09. The van der Waals surface area contributed by atoms with Crippen molar-refractivity contribution in [2.45, 2.75) is 44.4 Å². The molecule has 1 saturated carbocycles. The first-order valence-corrected chi connectivity index (χ1v) is 9.21. The van der Waals surface area contributed by atoms with Crippen molar-refractivity contribution in [2.24, 2.45) is 5.92 Å². The van der Waals surface area contributed by atoms with Gasteiger partial charge in [0.2, 0.25) is 5.91 Å². The molecule has 5 heteroatoms. The third-order valence-electron chi connectivity index (χ3n) is 5.37. The Morgan fingerprint density at radius 1 is 1.16 bits per heavy atom. The van der Waals surface area contributed by atoms with Crippen LogP contribution in [0.25, 0.3) is 0 Å². The molecule has 1 atom stereocenters. The van der Waals surface area contributed by atoms with Gasteiger partial charge in [-0.2, -0.15) is 0 Å². The van der Waals surface area contributed by atoms with Crippen LogP contribution < -0.4 is 20.1 Å². The van der Waals surface area contributed by atoms with Crippen molar-refractivity contribution in [3.63, 3.8) is 0 Å². The maximum absolute atomic E-state index is 12.4. The van der Waals surface area contributed by atoms with E-state index in [-0.39, 0.29) is 17.2 Å². The lowest BCUT2D eigenvalue weighted by molar-refractivity contribution is -0.124. The van der Waals surface area contributed by atoms with Gasteiger partial charge in [0, 0.05) is 24.4 Å². The van der Waals surface area contributed by atoms with Gasteiger partial charge < -0.3 is 20.1 Å². The largest absolute Gasteiger partial charge is 0.493 e. The molecule has 1 amide bonds. The summed E-state index contributed by atoms with van der Waals surface area (Å²) in [6, 6.07) is 6.17. The Morgan fingerprint density at radius 2 is 1.84 bits per heavy atom. The summed E-state index contributed by atoms with van der Waals surface area (Å²) >= 11 is 0. The van der Waals surface area contributed by atoms with Gasteiger partial charge in [0.25, 0.3) is 0 Å². The topological polar surface area (TPSA) is 59.6 Å². The van der Waals surface area contributed by atoms with Crippen molar-refractivity contribution < 1.29 is 14.3 Å². The van der Waals surface area contributed by atoms with E-state index in [0.29, 0.717) is 13.1 Å². The molecule has 0 spiro atoms. The lowest BCUT2D eigenvalue weighted by Crippen LogP contribution is -2.44. The summed E-state index contributed by atoms with van der Waals surface area (Å²) in [5.41, 5.74) is 1.21. The van der Waals surface area contributed by atoms with Crippen LogP contribution >= 0.6 is 0 Å². The fraction of sp³-hybridized carbons (Fsp3) is 0.650. The number of carbonyl (C=O) groups is 1. The number of hydrogen-bond donors (Lipinski definition) is 2. The van der Waals surface area contributed by atoms with E-state index in [1.54, 1.807) is 14.2 Å². The molecular weight excluding hydrogens is 316 g/mol. The van der Waals surface area contributed by atoms with E-state index in [0.717, 1.165) is 24.3 Å². The fourth-order valence-electron chi connectivity index (χ4n) is 3.79. The van der Waals surface area contributed by atoms with Gasteiger partial charge in [0.1, 0.15) is 0 Å². The average molecular weight is 348 g/mol. The summed E-state index contributed by atoms with van der Waals surface area (Å²) in [5.74, 6) is 1.57. The van der Waals surface area contributed by atoms with Gasteiger partial charge in [-0.05, 0) is 37.6 Å². The van der Waals surface area contributed by atoms with Crippen molar-refractivity contribution >= 4 is 5.91 Å². The second-order valence-electron chi connectivity index (χ2n) is 7.09. The minimum atomic E-state index is -0.0314. The van der Waals surface area contributed by atoms with Crippen molar-refractivity contribution in [2.75, 3.05) is 34.4 Å². The monoisotopic (exact) mass is 348 g/mol. The Labute approximate surface area is 151 Å². The Balaban J connectivity index is 2.21. The van der Waals surface area contributed by atoms with Gasteiger partial charge in [0.15, 0.2) is 11.5 Å². The summed E-state index contributed by atoms with van der Waals surface area (Å²) in [6.45, 7) is 3.32. The summed E-state index contributed by atoms with van der Waals surface area (Å²) in [5, 5.41) is 6.26. The fourth-order valence-corrected chi connectivity index (χ4v) is 3.79. The molecule has 5 nitrogen and oxygen atoms in total. The molecule has 0 aliphatic heterocycles. The number of hydrogen-bond acceptors (Lipinski definition) is 4. The average Bonchev–Trinajstić information content (AvgIpc) is 2.66. The first-order valence-electron chi connectivity index (χ1n) is 9.21. The standard InChI is InChI=1S/C20H32N2O3/c1-15(13-21-2)19(23)22-14-20(10-6-5-7-11-20)16-8-9-17(24-3)18(12-16)25-4/h8-9,12,15,21H,5-7,10-11,13-14H2,1-4H3,(H,22,23). The Bertz CT molecular complexity index is 568. The van der Waals surface area contributed by atoms with Crippen LogP contribution in [0.3, 0.4) is 0 Å². The molecule has 0 radical (unpaired) electrons. The zero-order chi connectivity index (χ0) is 18.3. The van der Waals surface area contributed by atoms with Crippen molar-refractivity contribution in [3.05, 3.63) is 23.8 Å². The second-order valence-corrected chi connectivity index (χ2v) is 7.09. The molecule has 2 rings (SSSR count). The van der Waals surface area contributed by atoms with E-state index in [4.69, 9.17) is 9.47 Å². The van der Waals surface area contributed by atoms with Crippen LogP contribution in [0.4, 0.5) is 0 Å². The van der Waals surface area contributed by atoms with E-state index in [1.807, 2.05) is 20.0 Å². The molecule has 140 valence electrons. The highest BCUT2D eigenvalue weighted by Gasteiger charge is 2.35. The van der Waals surface area contributed by atoms with Crippen LogP contribution in [0.5, 0.6) is 11.5 Å². The van der Waals surface area contributed by atoms with Crippen LogP contribution in [0, 0.1) is 5.92 Å². The Kier molecular flexibility index (Phi) is 7.12. The highest BCUT2D eigenvalue weighted by atomic mass is 16.5. The number of rotatable bonds is 8. The van der Waals surface area contributed by atoms with Gasteiger partial charge in [-0.15, -0.1) is 0 Å². The third kappa shape index (κ3) is 4.66. The van der Waals surface area contributed by atoms with E-state index >= 15 is 0 Å². The highest BCUT2D eigenvalue weighted by Crippen LogP contribution is 2.42. The molecule has 1 aromatic carbocycles. The van der Waals surface area contributed by atoms with E-state index in [2.05, 4.69) is 22.8 Å². The van der Waals surface area contributed by atoms with Crippen molar-refractivity contribution in [1.82, 2.24) is 10.6 Å². The first kappa shape index (κ1) is 19.6. The summed E-state index contributed by atoms with van der Waals surface area (Å²) in [7, 11) is 5.18. The number of nitrogens with one attached hydrogen (secondary N) is 2. The molecule has 1 unspecified atom stereocenters. The SMILES string of the molecule is CNCC(C)C(=O)NCC1(c2ccc(OC)c(OC)c2)CCCCC1. The molecule has 1 aliphatic rings. The smallest absolute Gasteiger partial charge is 0.224 e. The van der Waals surface area contributed by atoms with E-state index < -0.39 is 0 Å². The van der Waals surface area contributed by atoms with Gasteiger partial charge in [0.05, 0.1) is 14.2 Å². The molecule has 0 aromatic heterocycles. The summed E-state index contributed by atoms with van der Waals surface area (Å²) in [4.78, 5) is 12.4. The molecule has 0 bridgehead atoms. The normalized spacial score (nSPS) is 17.6. The predicted molar refractivity (Wildman–Crippen MR) is 100 cm³/mol. The maximum Gasteiger partial charge on any atom is 0.224 e.